The Kier molecular flexibility index (Phi) is 2.68. The van der Waals surface area contributed by atoms with Crippen LogP contribution in [0.15, 0.2) is 12.4 Å². The van der Waals surface area contributed by atoms with Gasteiger partial charge >= 0.3 is 5.97 Å². The molecule has 2 rings (SSSR count). The second-order valence-corrected chi connectivity index (χ2v) is 3.66. The summed E-state index contributed by atoms with van der Waals surface area (Å²) in [5.74, 6) is -1.38. The molecule has 0 amide bonds. The van der Waals surface area contributed by atoms with Crippen molar-refractivity contribution in [3.63, 3.8) is 0 Å². The number of carbonyl (C=O) groups is 1. The number of nitrogens with zero attached hydrogens (tertiary/aromatic N) is 4. The molecule has 0 saturated heterocycles. The van der Waals surface area contributed by atoms with E-state index in [4.69, 9.17) is 22.4 Å². The summed E-state index contributed by atoms with van der Waals surface area (Å²) in [5, 5.41) is 13.0. The zero-order chi connectivity index (χ0) is 12.6. The molecule has 0 saturated carbocycles. The van der Waals surface area contributed by atoms with Gasteiger partial charge in [0.05, 0.1) is 17.5 Å². The highest BCUT2D eigenvalue weighted by Gasteiger charge is 2.16. The lowest BCUT2D eigenvalue weighted by molar-refractivity contribution is 0.0691. The van der Waals surface area contributed by atoms with Gasteiger partial charge in [-0.1, -0.05) is 11.6 Å². The maximum Gasteiger partial charge on any atom is 0.358 e. The van der Waals surface area contributed by atoms with Crippen molar-refractivity contribution in [2.75, 3.05) is 5.73 Å². The van der Waals surface area contributed by atoms with Crippen LogP contribution in [-0.2, 0) is 7.05 Å². The first kappa shape index (κ1) is 11.3. The van der Waals surface area contributed by atoms with Crippen molar-refractivity contribution >= 4 is 23.4 Å². The van der Waals surface area contributed by atoms with E-state index < -0.39 is 5.97 Å². The molecule has 2 aromatic rings. The molecule has 0 unspecified atom stereocenters. The second kappa shape index (κ2) is 4.02. The van der Waals surface area contributed by atoms with Crippen molar-refractivity contribution < 1.29 is 9.90 Å². The summed E-state index contributed by atoms with van der Waals surface area (Å²) in [6.45, 7) is 0. The van der Waals surface area contributed by atoms with Crippen LogP contribution in [0.1, 0.15) is 10.5 Å². The number of nitrogens with two attached hydrogens (primary N) is 1. The summed E-state index contributed by atoms with van der Waals surface area (Å²) < 4.78 is 1.50. The number of hydrogen-bond acceptors (Lipinski definition) is 5. The molecule has 0 fully saturated rings. The van der Waals surface area contributed by atoms with Crippen molar-refractivity contribution in [3.8, 4) is 11.3 Å². The highest BCUT2D eigenvalue weighted by Crippen LogP contribution is 2.25. The summed E-state index contributed by atoms with van der Waals surface area (Å²) in [6.07, 6.45) is 2.97. The number of aromatic carboxylic acids is 1. The SMILES string of the molecule is Cn1cc(-c2cnc(N)c(C(=O)O)n2)c(Cl)n1. The number of hydrogen-bond donors (Lipinski definition) is 2. The van der Waals surface area contributed by atoms with Crippen LogP contribution < -0.4 is 5.73 Å². The number of halogens is 1. The lowest BCUT2D eigenvalue weighted by atomic mass is 10.2. The van der Waals surface area contributed by atoms with E-state index in [0.717, 1.165) is 0 Å². The molecule has 0 aliphatic carbocycles. The maximum absolute atomic E-state index is 10.9. The molecular formula is C9H8ClN5O2. The summed E-state index contributed by atoms with van der Waals surface area (Å²) in [5.41, 5.74) is 5.92. The van der Waals surface area contributed by atoms with Crippen molar-refractivity contribution in [1.82, 2.24) is 19.7 Å². The van der Waals surface area contributed by atoms with E-state index in [1.165, 1.54) is 10.9 Å². The predicted molar refractivity (Wildman–Crippen MR) is 60.6 cm³/mol. The average molecular weight is 254 g/mol. The first-order valence-corrected chi connectivity index (χ1v) is 4.92. The van der Waals surface area contributed by atoms with Gasteiger partial charge in [0.25, 0.3) is 0 Å². The minimum Gasteiger partial charge on any atom is -0.476 e. The summed E-state index contributed by atoms with van der Waals surface area (Å²) in [6, 6.07) is 0. The van der Waals surface area contributed by atoms with Gasteiger partial charge in [-0.25, -0.2) is 14.8 Å². The second-order valence-electron chi connectivity index (χ2n) is 3.30. The first-order valence-electron chi connectivity index (χ1n) is 4.54. The van der Waals surface area contributed by atoms with Gasteiger partial charge in [-0.3, -0.25) is 4.68 Å². The number of nitrogen functional groups attached to an aromatic ring is 1. The van der Waals surface area contributed by atoms with Gasteiger partial charge in [0.1, 0.15) is 0 Å². The molecule has 0 aromatic carbocycles. The molecule has 0 aliphatic heterocycles. The van der Waals surface area contributed by atoms with Gasteiger partial charge < -0.3 is 10.8 Å². The Morgan fingerprint density at radius 1 is 1.59 bits per heavy atom. The van der Waals surface area contributed by atoms with E-state index in [-0.39, 0.29) is 16.7 Å². The largest absolute Gasteiger partial charge is 0.476 e. The Bertz CT molecular complexity index is 595. The van der Waals surface area contributed by atoms with E-state index in [0.29, 0.717) is 11.3 Å². The van der Waals surface area contributed by atoms with Gasteiger partial charge in [0, 0.05) is 13.2 Å². The topological polar surface area (TPSA) is 107 Å². The number of anilines is 1. The van der Waals surface area contributed by atoms with Crippen molar-refractivity contribution in [2.45, 2.75) is 0 Å². The Morgan fingerprint density at radius 3 is 2.82 bits per heavy atom. The maximum atomic E-state index is 10.9. The average Bonchev–Trinajstić information content (AvgIpc) is 2.58. The third kappa shape index (κ3) is 2.04. The van der Waals surface area contributed by atoms with Crippen LogP contribution in [0.2, 0.25) is 5.15 Å². The van der Waals surface area contributed by atoms with Gasteiger partial charge in [-0.15, -0.1) is 0 Å². The van der Waals surface area contributed by atoms with Crippen LogP contribution in [0.3, 0.4) is 0 Å². The standard InChI is InChI=1S/C9H8ClN5O2/c1-15-3-4(7(10)14-15)5-2-12-8(11)6(13-5)9(16)17/h2-3H,1H3,(H2,11,12)(H,16,17). The molecule has 0 aliphatic rings. The molecule has 17 heavy (non-hydrogen) atoms. The minimum atomic E-state index is -1.24. The first-order chi connectivity index (χ1) is 7.99. The third-order valence-corrected chi connectivity index (χ3v) is 2.34. The predicted octanol–water partition coefficient (Wildman–Crippen LogP) is 0.811. The van der Waals surface area contributed by atoms with E-state index in [2.05, 4.69) is 15.1 Å². The Balaban J connectivity index is 2.57. The summed E-state index contributed by atoms with van der Waals surface area (Å²) in [7, 11) is 1.69. The monoisotopic (exact) mass is 253 g/mol. The van der Waals surface area contributed by atoms with E-state index in [9.17, 15) is 4.79 Å². The van der Waals surface area contributed by atoms with Crippen LogP contribution >= 0.6 is 11.6 Å². The molecule has 8 heteroatoms. The molecule has 0 spiro atoms. The fourth-order valence-electron chi connectivity index (χ4n) is 1.32. The molecule has 2 heterocycles. The van der Waals surface area contributed by atoms with Crippen LogP contribution in [0.25, 0.3) is 11.3 Å². The normalized spacial score (nSPS) is 10.5. The lowest BCUT2D eigenvalue weighted by Crippen LogP contribution is -2.08. The molecule has 0 atom stereocenters. The van der Waals surface area contributed by atoms with E-state index >= 15 is 0 Å². The Hall–Kier alpha value is -2.15. The van der Waals surface area contributed by atoms with Crippen LogP contribution in [-0.4, -0.2) is 30.8 Å². The van der Waals surface area contributed by atoms with Gasteiger partial charge in [0.15, 0.2) is 16.7 Å². The smallest absolute Gasteiger partial charge is 0.358 e. The number of carboxylic acids is 1. The quantitative estimate of drug-likeness (QED) is 0.820. The number of aromatic nitrogens is 4. The van der Waals surface area contributed by atoms with Gasteiger partial charge in [0.2, 0.25) is 0 Å². The minimum absolute atomic E-state index is 0.138. The molecule has 88 valence electrons. The number of carboxylic acid groups (broad SMARTS) is 1. The lowest BCUT2D eigenvalue weighted by Gasteiger charge is -2.01. The summed E-state index contributed by atoms with van der Waals surface area (Å²) in [4.78, 5) is 18.5. The van der Waals surface area contributed by atoms with Crippen LogP contribution in [0.4, 0.5) is 5.82 Å². The highest BCUT2D eigenvalue weighted by molar-refractivity contribution is 6.32. The zero-order valence-corrected chi connectivity index (χ0v) is 9.51. The van der Waals surface area contributed by atoms with E-state index in [1.54, 1.807) is 13.2 Å². The Morgan fingerprint density at radius 2 is 2.29 bits per heavy atom. The zero-order valence-electron chi connectivity index (χ0n) is 8.75. The van der Waals surface area contributed by atoms with Gasteiger partial charge in [-0.05, 0) is 0 Å². The molecule has 7 nitrogen and oxygen atoms in total. The fraction of sp³-hybridized carbons (Fsp3) is 0.111. The third-order valence-electron chi connectivity index (χ3n) is 2.06. The van der Waals surface area contributed by atoms with Gasteiger partial charge in [-0.2, -0.15) is 5.10 Å². The Labute approximate surface area is 101 Å². The van der Waals surface area contributed by atoms with Crippen molar-refractivity contribution in [1.29, 1.82) is 0 Å². The molecule has 2 aromatic heterocycles. The number of aryl methyl sites for hydroxylation is 1. The molecule has 0 radical (unpaired) electrons. The summed E-state index contributed by atoms with van der Waals surface area (Å²) >= 11 is 5.87. The van der Waals surface area contributed by atoms with Crippen LogP contribution in [0.5, 0.6) is 0 Å². The molecule has 0 bridgehead atoms. The fourth-order valence-corrected chi connectivity index (χ4v) is 1.58. The highest BCUT2D eigenvalue weighted by atomic mass is 35.5. The van der Waals surface area contributed by atoms with E-state index in [1.807, 2.05) is 0 Å². The molecule has 3 N–H and O–H groups in total. The van der Waals surface area contributed by atoms with Crippen LogP contribution in [0, 0.1) is 0 Å². The number of rotatable bonds is 2. The molecular weight excluding hydrogens is 246 g/mol. The van der Waals surface area contributed by atoms with Crippen molar-refractivity contribution in [2.24, 2.45) is 7.05 Å². The van der Waals surface area contributed by atoms with Crippen molar-refractivity contribution in [3.05, 3.63) is 23.2 Å².